The predicted molar refractivity (Wildman–Crippen MR) is 123 cm³/mol. The van der Waals surface area contributed by atoms with Gasteiger partial charge in [-0.15, -0.1) is 0 Å². The number of amides is 2. The second-order valence-electron chi connectivity index (χ2n) is 9.77. The van der Waals surface area contributed by atoms with E-state index in [1.54, 1.807) is 0 Å². The van der Waals surface area contributed by atoms with Gasteiger partial charge < -0.3 is 10.2 Å². The molecule has 1 aromatic rings. The van der Waals surface area contributed by atoms with E-state index in [4.69, 9.17) is 0 Å². The number of carbonyl (C=O) groups is 2. The number of piperazine rings is 1. The molecule has 5 heteroatoms. The molecule has 5 nitrogen and oxygen atoms in total. The molecule has 1 saturated carbocycles. The van der Waals surface area contributed by atoms with E-state index in [0.29, 0.717) is 24.2 Å². The molecule has 0 unspecified atom stereocenters. The highest BCUT2D eigenvalue weighted by Gasteiger charge is 2.37. The molecule has 1 aliphatic carbocycles. The van der Waals surface area contributed by atoms with Crippen LogP contribution in [0.25, 0.3) is 0 Å². The summed E-state index contributed by atoms with van der Waals surface area (Å²) in [4.78, 5) is 30.1. The monoisotopic (exact) mass is 413 g/mol. The second-order valence-corrected chi connectivity index (χ2v) is 9.77. The number of nitrogens with zero attached hydrogens (tertiary/aromatic N) is 2. The quantitative estimate of drug-likeness (QED) is 0.716. The van der Waals surface area contributed by atoms with Crippen molar-refractivity contribution < 1.29 is 9.59 Å². The Bertz CT molecular complexity index is 700. The summed E-state index contributed by atoms with van der Waals surface area (Å²) >= 11 is 0. The van der Waals surface area contributed by atoms with E-state index in [2.05, 4.69) is 50.0 Å². The Morgan fingerprint density at radius 3 is 2.10 bits per heavy atom. The van der Waals surface area contributed by atoms with Crippen molar-refractivity contribution >= 4 is 17.5 Å². The maximum atomic E-state index is 13.3. The summed E-state index contributed by atoms with van der Waals surface area (Å²) in [6.07, 6.45) is 5.28. The lowest BCUT2D eigenvalue weighted by atomic mass is 9.94. The average Bonchev–Trinajstić information content (AvgIpc) is 3.22. The van der Waals surface area contributed by atoms with Crippen LogP contribution in [0.4, 0.5) is 5.69 Å². The van der Waals surface area contributed by atoms with Crippen LogP contribution in [0.2, 0.25) is 0 Å². The molecule has 1 aliphatic heterocycles. The van der Waals surface area contributed by atoms with Crippen molar-refractivity contribution in [3.63, 3.8) is 0 Å². The van der Waals surface area contributed by atoms with Crippen LogP contribution < -0.4 is 5.32 Å². The van der Waals surface area contributed by atoms with Crippen LogP contribution in [-0.2, 0) is 9.59 Å². The fraction of sp³-hybridized carbons (Fsp3) is 0.680. The minimum Gasteiger partial charge on any atom is -0.340 e. The SMILES string of the molecule is CC(C)CC(=O)N1CCN([C@H](C(=O)Nc2ccc(C(C)C)cc2)C2CCCC2)CC1. The fourth-order valence-corrected chi connectivity index (χ4v) is 4.85. The first kappa shape index (κ1) is 22.8. The molecule has 0 spiro atoms. The normalized spacial score (nSPS) is 19.5. The summed E-state index contributed by atoms with van der Waals surface area (Å²) in [6.45, 7) is 11.5. The third-order valence-electron chi connectivity index (χ3n) is 6.60. The molecule has 2 aliphatic rings. The standard InChI is InChI=1S/C25H39N3O2/c1-18(2)17-23(29)27-13-15-28(16-14-27)24(21-7-5-6-8-21)25(30)26-22-11-9-20(10-12-22)19(3)4/h9-12,18-19,21,24H,5-8,13-17H2,1-4H3,(H,26,30)/t24-/m0/s1. The van der Waals surface area contributed by atoms with Crippen molar-refractivity contribution in [3.05, 3.63) is 29.8 Å². The Morgan fingerprint density at radius 1 is 0.967 bits per heavy atom. The van der Waals surface area contributed by atoms with E-state index in [9.17, 15) is 9.59 Å². The van der Waals surface area contributed by atoms with Crippen molar-refractivity contribution in [1.82, 2.24) is 9.80 Å². The minimum atomic E-state index is -0.0976. The molecule has 3 rings (SSSR count). The van der Waals surface area contributed by atoms with Gasteiger partial charge >= 0.3 is 0 Å². The molecule has 1 saturated heterocycles. The maximum absolute atomic E-state index is 13.3. The summed E-state index contributed by atoms with van der Waals surface area (Å²) < 4.78 is 0. The summed E-state index contributed by atoms with van der Waals surface area (Å²) in [5, 5.41) is 3.18. The van der Waals surface area contributed by atoms with Gasteiger partial charge in [-0.25, -0.2) is 0 Å². The van der Waals surface area contributed by atoms with Crippen molar-refractivity contribution in [2.45, 2.75) is 71.8 Å². The molecular weight excluding hydrogens is 374 g/mol. The van der Waals surface area contributed by atoms with Crippen LogP contribution in [-0.4, -0.2) is 53.8 Å². The number of benzene rings is 1. The highest BCUT2D eigenvalue weighted by Crippen LogP contribution is 2.32. The van der Waals surface area contributed by atoms with E-state index in [0.717, 1.165) is 44.7 Å². The summed E-state index contributed by atoms with van der Waals surface area (Å²) in [5.41, 5.74) is 2.15. The Hall–Kier alpha value is -1.88. The van der Waals surface area contributed by atoms with Gasteiger partial charge in [0, 0.05) is 38.3 Å². The molecule has 166 valence electrons. The molecule has 1 atom stereocenters. The molecule has 1 aromatic carbocycles. The number of hydrogen-bond acceptors (Lipinski definition) is 3. The number of rotatable bonds is 7. The van der Waals surface area contributed by atoms with Gasteiger partial charge in [-0.3, -0.25) is 14.5 Å². The largest absolute Gasteiger partial charge is 0.340 e. The number of anilines is 1. The second kappa shape index (κ2) is 10.4. The summed E-state index contributed by atoms with van der Waals surface area (Å²) in [6, 6.07) is 8.14. The zero-order valence-electron chi connectivity index (χ0n) is 19.2. The molecule has 2 fully saturated rings. The lowest BCUT2D eigenvalue weighted by molar-refractivity contribution is -0.135. The van der Waals surface area contributed by atoms with E-state index in [1.807, 2.05) is 17.0 Å². The van der Waals surface area contributed by atoms with Gasteiger partial charge in [0.25, 0.3) is 0 Å². The van der Waals surface area contributed by atoms with E-state index in [1.165, 1.54) is 18.4 Å². The molecule has 1 N–H and O–H groups in total. The topological polar surface area (TPSA) is 52.7 Å². The molecule has 1 heterocycles. The molecule has 0 radical (unpaired) electrons. The highest BCUT2D eigenvalue weighted by atomic mass is 16.2. The van der Waals surface area contributed by atoms with E-state index >= 15 is 0 Å². The highest BCUT2D eigenvalue weighted by molar-refractivity contribution is 5.95. The van der Waals surface area contributed by atoms with Gasteiger partial charge in [0.2, 0.25) is 11.8 Å². The van der Waals surface area contributed by atoms with Crippen LogP contribution in [0.1, 0.15) is 71.3 Å². The Morgan fingerprint density at radius 2 is 1.57 bits per heavy atom. The Labute approximate surface area is 182 Å². The van der Waals surface area contributed by atoms with Crippen LogP contribution in [0, 0.1) is 11.8 Å². The lowest BCUT2D eigenvalue weighted by Gasteiger charge is -2.41. The van der Waals surface area contributed by atoms with Gasteiger partial charge in [-0.1, -0.05) is 52.7 Å². The number of nitrogens with one attached hydrogen (secondary N) is 1. The van der Waals surface area contributed by atoms with Gasteiger partial charge in [-0.05, 0) is 48.3 Å². The smallest absolute Gasteiger partial charge is 0.242 e. The van der Waals surface area contributed by atoms with Gasteiger partial charge in [-0.2, -0.15) is 0 Å². The summed E-state index contributed by atoms with van der Waals surface area (Å²) in [7, 11) is 0. The van der Waals surface area contributed by atoms with Crippen molar-refractivity contribution in [1.29, 1.82) is 0 Å². The first-order valence-electron chi connectivity index (χ1n) is 11.8. The zero-order valence-corrected chi connectivity index (χ0v) is 19.2. The zero-order chi connectivity index (χ0) is 21.7. The third-order valence-corrected chi connectivity index (χ3v) is 6.60. The Kier molecular flexibility index (Phi) is 7.93. The first-order chi connectivity index (χ1) is 14.3. The van der Waals surface area contributed by atoms with Crippen molar-refractivity contribution in [3.8, 4) is 0 Å². The lowest BCUT2D eigenvalue weighted by Crippen LogP contribution is -2.57. The van der Waals surface area contributed by atoms with Crippen LogP contribution >= 0.6 is 0 Å². The van der Waals surface area contributed by atoms with Crippen LogP contribution in [0.5, 0.6) is 0 Å². The van der Waals surface area contributed by atoms with Gasteiger partial charge in [0.05, 0.1) is 6.04 Å². The molecule has 2 amide bonds. The number of carbonyl (C=O) groups excluding carboxylic acids is 2. The van der Waals surface area contributed by atoms with Crippen molar-refractivity contribution in [2.75, 3.05) is 31.5 Å². The number of hydrogen-bond donors (Lipinski definition) is 1. The average molecular weight is 414 g/mol. The summed E-state index contributed by atoms with van der Waals surface area (Å²) in [5.74, 6) is 1.64. The first-order valence-corrected chi connectivity index (χ1v) is 11.8. The van der Waals surface area contributed by atoms with Crippen molar-refractivity contribution in [2.24, 2.45) is 11.8 Å². The van der Waals surface area contributed by atoms with E-state index < -0.39 is 0 Å². The maximum Gasteiger partial charge on any atom is 0.242 e. The molecule has 0 aromatic heterocycles. The van der Waals surface area contributed by atoms with Crippen LogP contribution in [0.15, 0.2) is 24.3 Å². The minimum absolute atomic E-state index is 0.0976. The molecular formula is C25H39N3O2. The molecule has 0 bridgehead atoms. The Balaban J connectivity index is 1.65. The molecule has 30 heavy (non-hydrogen) atoms. The van der Waals surface area contributed by atoms with Crippen LogP contribution in [0.3, 0.4) is 0 Å². The fourth-order valence-electron chi connectivity index (χ4n) is 4.85. The van der Waals surface area contributed by atoms with E-state index in [-0.39, 0.29) is 17.9 Å². The van der Waals surface area contributed by atoms with Gasteiger partial charge in [0.1, 0.15) is 0 Å². The predicted octanol–water partition coefficient (Wildman–Crippen LogP) is 4.50. The third kappa shape index (κ3) is 5.84. The van der Waals surface area contributed by atoms with Gasteiger partial charge in [0.15, 0.2) is 0 Å².